The molecule has 0 fully saturated rings. The van der Waals surface area contributed by atoms with Crippen LogP contribution < -0.4 is 16.0 Å². The van der Waals surface area contributed by atoms with E-state index in [2.05, 4.69) is 26.0 Å². The topological polar surface area (TPSA) is 113 Å². The van der Waals surface area contributed by atoms with Crippen LogP contribution >= 0.6 is 15.9 Å². The van der Waals surface area contributed by atoms with E-state index < -0.39 is 5.91 Å². The molecular formula is C25H17BrN4O4. The van der Waals surface area contributed by atoms with Crippen molar-refractivity contribution >= 4 is 49.9 Å². The Hall–Kier alpha value is -4.24. The van der Waals surface area contributed by atoms with Crippen molar-refractivity contribution in [3.05, 3.63) is 93.2 Å². The lowest BCUT2D eigenvalue weighted by atomic mass is 10.2. The van der Waals surface area contributed by atoms with Gasteiger partial charge in [0.1, 0.15) is 11.3 Å². The summed E-state index contributed by atoms with van der Waals surface area (Å²) >= 11 is 3.46. The van der Waals surface area contributed by atoms with Gasteiger partial charge in [-0.05, 0) is 54.1 Å². The molecule has 0 aliphatic carbocycles. The van der Waals surface area contributed by atoms with Crippen LogP contribution in [0.25, 0.3) is 33.5 Å². The molecule has 5 aromatic rings. The van der Waals surface area contributed by atoms with Gasteiger partial charge in [0.2, 0.25) is 5.82 Å². The molecule has 34 heavy (non-hydrogen) atoms. The first-order chi connectivity index (χ1) is 16.5. The lowest BCUT2D eigenvalue weighted by Crippen LogP contribution is -2.20. The molecule has 0 radical (unpaired) electrons. The Bertz CT molecular complexity index is 1640. The number of aromatic nitrogens is 2. The van der Waals surface area contributed by atoms with E-state index >= 15 is 0 Å². The van der Waals surface area contributed by atoms with E-state index in [0.717, 1.165) is 9.86 Å². The number of nitrogens with zero attached hydrogens (tertiary/aromatic N) is 3. The zero-order chi connectivity index (χ0) is 23.7. The predicted molar refractivity (Wildman–Crippen MR) is 133 cm³/mol. The molecule has 1 amide bonds. The van der Waals surface area contributed by atoms with Crippen molar-refractivity contribution in [2.75, 3.05) is 6.61 Å². The quantitative estimate of drug-likeness (QED) is 0.337. The molecule has 0 unspecified atom stereocenters. The van der Waals surface area contributed by atoms with Gasteiger partial charge in [0, 0.05) is 9.86 Å². The van der Waals surface area contributed by atoms with E-state index in [0.29, 0.717) is 33.6 Å². The van der Waals surface area contributed by atoms with Crippen molar-refractivity contribution in [1.82, 2.24) is 9.66 Å². The standard InChI is InChI=1S/C25H17BrN4O4/c26-17-8-9-21-16(11-17)12-22(34-21)24-29-20-7-2-1-6-19(20)25(32)30(24)28-13-15-4-3-5-18(10-15)33-14-23(27)31/h1-13H,14H2,(H2,27,31). The average molecular weight is 517 g/mol. The first kappa shape index (κ1) is 21.6. The number of carbonyl (C=O) groups excluding carboxylic acids is 1. The van der Waals surface area contributed by atoms with Gasteiger partial charge in [-0.2, -0.15) is 9.78 Å². The Labute approximate surface area is 201 Å². The number of hydrogen-bond donors (Lipinski definition) is 1. The summed E-state index contributed by atoms with van der Waals surface area (Å²) in [5.74, 6) is 0.560. The SMILES string of the molecule is NC(=O)COc1cccc(C=Nn2c(-c3cc4cc(Br)ccc4o3)nc3ccccc3c2=O)c1. The summed E-state index contributed by atoms with van der Waals surface area (Å²) in [4.78, 5) is 29.0. The van der Waals surface area contributed by atoms with E-state index in [1.54, 1.807) is 42.5 Å². The molecule has 0 aliphatic rings. The molecule has 0 saturated heterocycles. The lowest BCUT2D eigenvalue weighted by molar-refractivity contribution is -0.119. The highest BCUT2D eigenvalue weighted by molar-refractivity contribution is 9.10. The van der Waals surface area contributed by atoms with Gasteiger partial charge in [-0.1, -0.05) is 40.2 Å². The number of ether oxygens (including phenoxy) is 1. The van der Waals surface area contributed by atoms with E-state index in [4.69, 9.17) is 14.9 Å². The smallest absolute Gasteiger partial charge is 0.282 e. The lowest BCUT2D eigenvalue weighted by Gasteiger charge is -2.07. The first-order valence-corrected chi connectivity index (χ1v) is 11.0. The van der Waals surface area contributed by atoms with E-state index in [1.807, 2.05) is 30.3 Å². The molecule has 9 heteroatoms. The monoisotopic (exact) mass is 516 g/mol. The largest absolute Gasteiger partial charge is 0.484 e. The summed E-state index contributed by atoms with van der Waals surface area (Å²) in [5.41, 5.74) is 6.66. The van der Waals surface area contributed by atoms with Crippen LogP contribution in [0.2, 0.25) is 0 Å². The van der Waals surface area contributed by atoms with Gasteiger partial charge in [-0.15, -0.1) is 0 Å². The van der Waals surface area contributed by atoms with Crippen molar-refractivity contribution in [3.63, 3.8) is 0 Å². The Morgan fingerprint density at radius 3 is 2.82 bits per heavy atom. The highest BCUT2D eigenvalue weighted by Crippen LogP contribution is 2.29. The maximum Gasteiger partial charge on any atom is 0.282 e. The second-order valence-electron chi connectivity index (χ2n) is 7.43. The van der Waals surface area contributed by atoms with Crippen molar-refractivity contribution in [2.24, 2.45) is 10.8 Å². The third-order valence-electron chi connectivity index (χ3n) is 5.01. The van der Waals surface area contributed by atoms with Crippen molar-refractivity contribution in [1.29, 1.82) is 0 Å². The second kappa shape index (κ2) is 8.95. The Morgan fingerprint density at radius 1 is 1.12 bits per heavy atom. The van der Waals surface area contributed by atoms with Gasteiger partial charge in [0.15, 0.2) is 12.4 Å². The first-order valence-electron chi connectivity index (χ1n) is 10.2. The summed E-state index contributed by atoms with van der Waals surface area (Å²) < 4.78 is 13.5. The van der Waals surface area contributed by atoms with Crippen molar-refractivity contribution in [2.45, 2.75) is 0 Å². The minimum absolute atomic E-state index is 0.235. The molecule has 3 aromatic carbocycles. The third kappa shape index (κ3) is 4.33. The minimum atomic E-state index is -0.574. The molecule has 0 aliphatic heterocycles. The zero-order valence-electron chi connectivity index (χ0n) is 17.6. The van der Waals surface area contributed by atoms with Crippen LogP contribution in [0.1, 0.15) is 5.56 Å². The highest BCUT2D eigenvalue weighted by atomic mass is 79.9. The molecule has 0 saturated carbocycles. The van der Waals surface area contributed by atoms with Crippen LogP contribution in [0.5, 0.6) is 5.75 Å². The van der Waals surface area contributed by atoms with Gasteiger partial charge < -0.3 is 14.9 Å². The van der Waals surface area contributed by atoms with Gasteiger partial charge >= 0.3 is 0 Å². The summed E-state index contributed by atoms with van der Waals surface area (Å²) in [5, 5.41) is 5.72. The number of nitrogens with two attached hydrogens (primary N) is 1. The summed E-state index contributed by atoms with van der Waals surface area (Å²) in [6.45, 7) is -0.235. The number of halogens is 1. The zero-order valence-corrected chi connectivity index (χ0v) is 19.2. The van der Waals surface area contributed by atoms with Crippen LogP contribution in [0, 0.1) is 0 Å². The molecule has 2 heterocycles. The second-order valence-corrected chi connectivity index (χ2v) is 8.35. The van der Waals surface area contributed by atoms with Crippen LogP contribution in [-0.4, -0.2) is 28.4 Å². The summed E-state index contributed by atoms with van der Waals surface area (Å²) in [6.07, 6.45) is 1.51. The van der Waals surface area contributed by atoms with E-state index in [-0.39, 0.29) is 18.0 Å². The third-order valence-corrected chi connectivity index (χ3v) is 5.51. The number of benzene rings is 3. The number of carbonyl (C=O) groups is 1. The molecule has 0 spiro atoms. The summed E-state index contributed by atoms with van der Waals surface area (Å²) in [6, 6.07) is 21.4. The molecule has 5 rings (SSSR count). The Kier molecular flexibility index (Phi) is 5.69. The van der Waals surface area contributed by atoms with Crippen LogP contribution in [0.3, 0.4) is 0 Å². The predicted octanol–water partition coefficient (Wildman–Crippen LogP) is 4.32. The average Bonchev–Trinajstić information content (AvgIpc) is 3.25. The van der Waals surface area contributed by atoms with Crippen LogP contribution in [0.4, 0.5) is 0 Å². The Balaban J connectivity index is 1.62. The number of hydrogen-bond acceptors (Lipinski definition) is 6. The number of para-hydroxylation sites is 1. The van der Waals surface area contributed by atoms with Gasteiger partial charge in [-0.3, -0.25) is 9.59 Å². The molecule has 0 bridgehead atoms. The molecular weight excluding hydrogens is 500 g/mol. The van der Waals surface area contributed by atoms with Crippen molar-refractivity contribution in [3.8, 4) is 17.3 Å². The minimum Gasteiger partial charge on any atom is -0.484 e. The molecule has 8 nitrogen and oxygen atoms in total. The fraction of sp³-hybridized carbons (Fsp3) is 0.0400. The fourth-order valence-electron chi connectivity index (χ4n) is 3.48. The van der Waals surface area contributed by atoms with Gasteiger partial charge in [0.05, 0.1) is 17.1 Å². The number of primary amides is 1. The van der Waals surface area contributed by atoms with Crippen LogP contribution in [0.15, 0.2) is 91.6 Å². The molecule has 2 aromatic heterocycles. The maximum atomic E-state index is 13.3. The number of furan rings is 1. The molecule has 2 N–H and O–H groups in total. The Morgan fingerprint density at radius 2 is 1.97 bits per heavy atom. The maximum absolute atomic E-state index is 13.3. The van der Waals surface area contributed by atoms with Gasteiger partial charge in [-0.25, -0.2) is 4.98 Å². The molecule has 168 valence electrons. The van der Waals surface area contributed by atoms with Crippen LogP contribution in [-0.2, 0) is 4.79 Å². The van der Waals surface area contributed by atoms with Gasteiger partial charge in [0.25, 0.3) is 11.5 Å². The fourth-order valence-corrected chi connectivity index (χ4v) is 3.86. The number of fused-ring (bicyclic) bond motifs is 2. The highest BCUT2D eigenvalue weighted by Gasteiger charge is 2.16. The van der Waals surface area contributed by atoms with E-state index in [9.17, 15) is 9.59 Å². The normalized spacial score (nSPS) is 11.4. The summed E-state index contributed by atoms with van der Waals surface area (Å²) in [7, 11) is 0. The number of rotatable bonds is 6. The van der Waals surface area contributed by atoms with E-state index in [1.165, 1.54) is 10.9 Å². The molecule has 0 atom stereocenters. The number of amides is 1. The van der Waals surface area contributed by atoms with Crippen molar-refractivity contribution < 1.29 is 13.9 Å².